The van der Waals surface area contributed by atoms with E-state index in [9.17, 15) is 9.18 Å². The molecule has 0 atom stereocenters. The summed E-state index contributed by atoms with van der Waals surface area (Å²) in [6.45, 7) is 4.74. The molecular formula is C15H22FNO2. The zero-order valence-electron chi connectivity index (χ0n) is 11.6. The molecule has 0 aliphatic heterocycles. The van der Waals surface area contributed by atoms with E-state index in [1.807, 2.05) is 0 Å². The minimum absolute atomic E-state index is 0.0111. The topological polar surface area (TPSA) is 52.3 Å². The summed E-state index contributed by atoms with van der Waals surface area (Å²) >= 11 is 0. The molecule has 0 bridgehead atoms. The highest BCUT2D eigenvalue weighted by molar-refractivity contribution is 5.69. The number of hydrogen-bond acceptors (Lipinski definition) is 3. The van der Waals surface area contributed by atoms with Crippen molar-refractivity contribution in [3.8, 4) is 0 Å². The van der Waals surface area contributed by atoms with Gasteiger partial charge in [0.2, 0.25) is 0 Å². The van der Waals surface area contributed by atoms with Gasteiger partial charge in [0.25, 0.3) is 0 Å². The van der Waals surface area contributed by atoms with Crippen LogP contribution >= 0.6 is 0 Å². The Morgan fingerprint density at radius 2 is 2.00 bits per heavy atom. The molecule has 1 rings (SSSR count). The van der Waals surface area contributed by atoms with Crippen LogP contribution < -0.4 is 5.73 Å². The smallest absolute Gasteiger partial charge is 0.306 e. The van der Waals surface area contributed by atoms with Gasteiger partial charge in [0.15, 0.2) is 0 Å². The zero-order valence-corrected chi connectivity index (χ0v) is 11.6. The molecule has 2 N–H and O–H groups in total. The van der Waals surface area contributed by atoms with Crippen molar-refractivity contribution < 1.29 is 13.9 Å². The van der Waals surface area contributed by atoms with Gasteiger partial charge in [0.05, 0.1) is 0 Å². The molecule has 1 aromatic carbocycles. The Morgan fingerprint density at radius 3 is 2.63 bits per heavy atom. The van der Waals surface area contributed by atoms with Crippen molar-refractivity contribution in [3.63, 3.8) is 0 Å². The molecule has 0 saturated heterocycles. The molecule has 0 heterocycles. The summed E-state index contributed by atoms with van der Waals surface area (Å²) < 4.78 is 18.4. The van der Waals surface area contributed by atoms with Gasteiger partial charge in [-0.3, -0.25) is 4.79 Å². The van der Waals surface area contributed by atoms with Gasteiger partial charge in [-0.25, -0.2) is 4.39 Å². The summed E-state index contributed by atoms with van der Waals surface area (Å²) in [6.07, 6.45) is 1.93. The van der Waals surface area contributed by atoms with Crippen molar-refractivity contribution >= 4 is 5.97 Å². The van der Waals surface area contributed by atoms with E-state index in [4.69, 9.17) is 10.5 Å². The molecule has 0 saturated carbocycles. The second kappa shape index (κ2) is 7.24. The molecule has 19 heavy (non-hydrogen) atoms. The fourth-order valence-electron chi connectivity index (χ4n) is 1.80. The number of hydrogen-bond donors (Lipinski definition) is 1. The summed E-state index contributed by atoms with van der Waals surface area (Å²) in [6, 6.07) is 6.29. The van der Waals surface area contributed by atoms with Crippen molar-refractivity contribution in [1.82, 2.24) is 0 Å². The third kappa shape index (κ3) is 5.83. The Balaban J connectivity index is 2.35. The Hall–Kier alpha value is -1.42. The summed E-state index contributed by atoms with van der Waals surface area (Å²) in [5.74, 6) is -0.646. The molecule has 0 fully saturated rings. The molecule has 0 aliphatic carbocycles. The highest BCUT2D eigenvalue weighted by Crippen LogP contribution is 2.26. The number of nitrogens with two attached hydrogens (primary N) is 1. The maximum absolute atomic E-state index is 13.3. The third-order valence-electron chi connectivity index (χ3n) is 3.17. The molecular weight excluding hydrogens is 245 g/mol. The lowest BCUT2D eigenvalue weighted by Crippen LogP contribution is -2.19. The van der Waals surface area contributed by atoms with Gasteiger partial charge in [0.1, 0.15) is 12.4 Å². The second-order valence-corrected chi connectivity index (χ2v) is 5.45. The van der Waals surface area contributed by atoms with Gasteiger partial charge in [-0.1, -0.05) is 32.0 Å². The molecule has 1 aromatic rings. The van der Waals surface area contributed by atoms with E-state index in [-0.39, 0.29) is 23.8 Å². The minimum atomic E-state index is -0.348. The number of rotatable bonds is 7. The largest absolute Gasteiger partial charge is 0.461 e. The predicted molar refractivity (Wildman–Crippen MR) is 72.9 cm³/mol. The van der Waals surface area contributed by atoms with Gasteiger partial charge in [-0.15, -0.1) is 0 Å². The number of carbonyl (C=O) groups is 1. The number of esters is 1. The van der Waals surface area contributed by atoms with E-state index in [1.54, 1.807) is 18.2 Å². The van der Waals surface area contributed by atoms with Gasteiger partial charge in [-0.2, -0.15) is 0 Å². The van der Waals surface area contributed by atoms with Crippen LogP contribution in [0.1, 0.15) is 38.7 Å². The average Bonchev–Trinajstić information content (AvgIpc) is 2.35. The van der Waals surface area contributed by atoms with Crippen molar-refractivity contribution in [1.29, 1.82) is 0 Å². The molecule has 4 heteroatoms. The van der Waals surface area contributed by atoms with E-state index >= 15 is 0 Å². The Kier molecular flexibility index (Phi) is 5.96. The van der Waals surface area contributed by atoms with E-state index in [0.29, 0.717) is 18.5 Å². The predicted octanol–water partition coefficient (Wildman–Crippen LogP) is 3.02. The lowest BCUT2D eigenvalue weighted by molar-refractivity contribution is -0.145. The average molecular weight is 267 g/mol. The van der Waals surface area contributed by atoms with Crippen LogP contribution in [0.5, 0.6) is 0 Å². The monoisotopic (exact) mass is 267 g/mol. The number of benzene rings is 1. The Bertz CT molecular complexity index is 418. The number of halogens is 1. The molecule has 0 radical (unpaired) electrons. The van der Waals surface area contributed by atoms with Gasteiger partial charge in [-0.05, 0) is 30.9 Å². The Labute approximate surface area is 113 Å². The maximum atomic E-state index is 13.3. The van der Waals surface area contributed by atoms with Gasteiger partial charge < -0.3 is 10.5 Å². The minimum Gasteiger partial charge on any atom is -0.461 e. The van der Waals surface area contributed by atoms with Crippen LogP contribution in [0.15, 0.2) is 24.3 Å². The molecule has 106 valence electrons. The van der Waals surface area contributed by atoms with Gasteiger partial charge in [0, 0.05) is 12.0 Å². The lowest BCUT2D eigenvalue weighted by Gasteiger charge is -2.23. The van der Waals surface area contributed by atoms with Crippen molar-refractivity contribution in [2.45, 2.75) is 39.7 Å². The van der Waals surface area contributed by atoms with Crippen LogP contribution in [-0.4, -0.2) is 12.5 Å². The third-order valence-corrected chi connectivity index (χ3v) is 3.17. The maximum Gasteiger partial charge on any atom is 0.306 e. The zero-order chi connectivity index (χ0) is 14.3. The van der Waals surface area contributed by atoms with Crippen molar-refractivity contribution in [3.05, 3.63) is 35.6 Å². The summed E-state index contributed by atoms with van der Waals surface area (Å²) in [7, 11) is 0. The van der Waals surface area contributed by atoms with Crippen molar-refractivity contribution in [2.75, 3.05) is 6.54 Å². The molecule has 0 amide bonds. The van der Waals surface area contributed by atoms with Crippen LogP contribution in [0.3, 0.4) is 0 Å². The first-order valence-electron chi connectivity index (χ1n) is 6.54. The highest BCUT2D eigenvalue weighted by atomic mass is 19.1. The Morgan fingerprint density at radius 1 is 1.32 bits per heavy atom. The van der Waals surface area contributed by atoms with E-state index in [0.717, 1.165) is 12.8 Å². The van der Waals surface area contributed by atoms with Crippen LogP contribution in [0, 0.1) is 11.2 Å². The number of carbonyl (C=O) groups excluding carboxylic acids is 1. The first-order chi connectivity index (χ1) is 8.94. The SMILES string of the molecule is CC(C)(CCN)CCC(=O)OCc1ccccc1F. The molecule has 0 unspecified atom stereocenters. The van der Waals surface area contributed by atoms with Crippen LogP contribution in [-0.2, 0) is 16.1 Å². The van der Waals surface area contributed by atoms with E-state index < -0.39 is 0 Å². The number of ether oxygens (including phenoxy) is 1. The summed E-state index contributed by atoms with van der Waals surface area (Å²) in [4.78, 5) is 11.6. The second-order valence-electron chi connectivity index (χ2n) is 5.45. The lowest BCUT2D eigenvalue weighted by atomic mass is 9.84. The van der Waals surface area contributed by atoms with E-state index in [1.165, 1.54) is 6.07 Å². The first kappa shape index (κ1) is 15.6. The van der Waals surface area contributed by atoms with Crippen molar-refractivity contribution in [2.24, 2.45) is 11.1 Å². The molecule has 0 spiro atoms. The van der Waals surface area contributed by atoms with Crippen LogP contribution in [0.4, 0.5) is 4.39 Å². The summed E-state index contributed by atoms with van der Waals surface area (Å²) in [5, 5.41) is 0. The molecule has 3 nitrogen and oxygen atoms in total. The fourth-order valence-corrected chi connectivity index (χ4v) is 1.80. The summed E-state index contributed by atoms with van der Waals surface area (Å²) in [5.41, 5.74) is 5.95. The molecule has 0 aliphatic rings. The van der Waals surface area contributed by atoms with Crippen LogP contribution in [0.25, 0.3) is 0 Å². The quantitative estimate of drug-likeness (QED) is 0.773. The first-order valence-corrected chi connectivity index (χ1v) is 6.54. The normalized spacial score (nSPS) is 11.4. The molecule has 0 aromatic heterocycles. The standard InChI is InChI=1S/C15H22FNO2/c1-15(2,9-10-17)8-7-14(18)19-11-12-5-3-4-6-13(12)16/h3-6H,7-11,17H2,1-2H3. The fraction of sp³-hybridized carbons (Fsp3) is 0.533. The highest BCUT2D eigenvalue weighted by Gasteiger charge is 2.18. The van der Waals surface area contributed by atoms with E-state index in [2.05, 4.69) is 13.8 Å². The van der Waals surface area contributed by atoms with Gasteiger partial charge >= 0.3 is 5.97 Å². The van der Waals surface area contributed by atoms with Crippen LogP contribution in [0.2, 0.25) is 0 Å².